The second-order valence-corrected chi connectivity index (χ2v) is 8.11. The van der Waals surface area contributed by atoms with Gasteiger partial charge in [-0.25, -0.2) is 0 Å². The van der Waals surface area contributed by atoms with E-state index in [4.69, 9.17) is 0 Å². The topological polar surface area (TPSA) is 103 Å². The van der Waals surface area contributed by atoms with Crippen LogP contribution in [-0.2, 0) is 19.5 Å². The summed E-state index contributed by atoms with van der Waals surface area (Å²) in [5.41, 5.74) is 7.01. The van der Waals surface area contributed by atoms with Crippen LogP contribution in [0.4, 0.5) is 0 Å². The number of nitrogens with zero attached hydrogens (tertiary/aromatic N) is 8. The van der Waals surface area contributed by atoms with Crippen molar-refractivity contribution in [1.82, 2.24) is 39.9 Å². The summed E-state index contributed by atoms with van der Waals surface area (Å²) in [6, 6.07) is 15.7. The summed E-state index contributed by atoms with van der Waals surface area (Å²) in [5.74, 6) is 0. The Balaban J connectivity index is 0.000000200. The van der Waals surface area contributed by atoms with Gasteiger partial charge in [-0.05, 0) is 48.5 Å². The Bertz CT molecular complexity index is 1500. The molecular weight excluding hydrogens is 658 g/mol. The third-order valence-corrected chi connectivity index (χ3v) is 6.10. The molecule has 12 heteroatoms. The number of hydrogen-bond donors (Lipinski definition) is 0. The molecule has 0 aliphatic heterocycles. The molecule has 0 amide bonds. The Kier molecular flexibility index (Phi) is 10.1. The molecule has 2 aromatic carbocycles. The van der Waals surface area contributed by atoms with Crippen LogP contribution in [0.3, 0.4) is 0 Å². The number of rotatable bonds is 0. The molecule has 6 heterocycles. The molecule has 8 rings (SSSR count). The number of fused-ring (bicyclic) bond motifs is 12. The zero-order chi connectivity index (χ0) is 23.9. The molecule has 0 aliphatic rings. The number of benzene rings is 2. The van der Waals surface area contributed by atoms with Crippen molar-refractivity contribution < 1.29 is 56.7 Å². The van der Waals surface area contributed by atoms with Gasteiger partial charge in [-0.15, -0.1) is 0 Å². The van der Waals surface area contributed by atoms with Crippen molar-refractivity contribution in [2.45, 2.75) is 0 Å². The Hall–Kier alpha value is -3.75. The number of pyridine rings is 4. The molecule has 0 fully saturated rings. The molecular formula is C28H16Cl3N8Rh. The molecule has 0 unspecified atom stereocenters. The van der Waals surface area contributed by atoms with E-state index in [0.29, 0.717) is 0 Å². The Labute approximate surface area is 259 Å². The Morgan fingerprint density at radius 3 is 0.650 bits per heavy atom. The first kappa shape index (κ1) is 30.8. The van der Waals surface area contributed by atoms with Crippen LogP contribution in [0.5, 0.6) is 0 Å². The van der Waals surface area contributed by atoms with E-state index in [1.165, 1.54) is 0 Å². The third kappa shape index (κ3) is 5.09. The standard InChI is InChI=1S/2C14H8N4.3ClH.Rh/c2*1-3-9-11(15-5-1)12-10(4-2-6-16-12)14-13(9)17-7-8-18-14;;;;/h2*1-8H;3*1H;/q;;;;;+3/p-3. The van der Waals surface area contributed by atoms with Gasteiger partial charge in [0, 0.05) is 71.1 Å². The van der Waals surface area contributed by atoms with Gasteiger partial charge in [-0.1, -0.05) is 0 Å². The van der Waals surface area contributed by atoms with Gasteiger partial charge in [-0.3, -0.25) is 39.9 Å². The van der Waals surface area contributed by atoms with E-state index in [1.807, 2.05) is 48.5 Å². The molecule has 0 N–H and O–H groups in total. The summed E-state index contributed by atoms with van der Waals surface area (Å²) in [6.07, 6.45) is 13.9. The van der Waals surface area contributed by atoms with Gasteiger partial charge in [0.2, 0.25) is 0 Å². The van der Waals surface area contributed by atoms with Gasteiger partial charge in [0.05, 0.1) is 44.1 Å². The van der Waals surface area contributed by atoms with Gasteiger partial charge in [-0.2, -0.15) is 0 Å². The van der Waals surface area contributed by atoms with Gasteiger partial charge in [0.25, 0.3) is 0 Å². The fourth-order valence-corrected chi connectivity index (χ4v) is 4.60. The van der Waals surface area contributed by atoms with E-state index < -0.39 is 0 Å². The van der Waals surface area contributed by atoms with E-state index >= 15 is 0 Å². The summed E-state index contributed by atoms with van der Waals surface area (Å²) in [5, 5.41) is 3.97. The third-order valence-electron chi connectivity index (χ3n) is 6.10. The minimum atomic E-state index is 0. The van der Waals surface area contributed by atoms with E-state index in [0.717, 1.165) is 65.7 Å². The normalized spacial score (nSPS) is 10.2. The van der Waals surface area contributed by atoms with Crippen LogP contribution in [0, 0.1) is 0 Å². The van der Waals surface area contributed by atoms with E-state index in [2.05, 4.69) is 39.9 Å². The minimum Gasteiger partial charge on any atom is -1.00 e. The van der Waals surface area contributed by atoms with Crippen LogP contribution in [0.15, 0.2) is 98.1 Å². The molecule has 0 atom stereocenters. The first-order valence-corrected chi connectivity index (χ1v) is 11.3. The van der Waals surface area contributed by atoms with Crippen molar-refractivity contribution in [2.75, 3.05) is 0 Å². The molecule has 6 aromatic heterocycles. The predicted octanol–water partition coefficient (Wildman–Crippen LogP) is -3.54. The first-order chi connectivity index (χ1) is 17.9. The average molecular weight is 674 g/mol. The van der Waals surface area contributed by atoms with Crippen molar-refractivity contribution >= 4 is 65.7 Å². The second kappa shape index (κ2) is 13.1. The van der Waals surface area contributed by atoms with Crippen molar-refractivity contribution in [3.05, 3.63) is 98.1 Å². The summed E-state index contributed by atoms with van der Waals surface area (Å²) < 4.78 is 0. The zero-order valence-electron chi connectivity index (χ0n) is 20.3. The Morgan fingerprint density at radius 2 is 0.450 bits per heavy atom. The van der Waals surface area contributed by atoms with Gasteiger partial charge in [0.15, 0.2) is 0 Å². The maximum absolute atomic E-state index is 4.43. The fraction of sp³-hybridized carbons (Fsp3) is 0. The maximum Gasteiger partial charge on any atom is 3.00 e. The van der Waals surface area contributed by atoms with E-state index in [1.54, 1.807) is 49.6 Å². The molecule has 0 radical (unpaired) electrons. The maximum atomic E-state index is 4.43. The summed E-state index contributed by atoms with van der Waals surface area (Å²) >= 11 is 0. The van der Waals surface area contributed by atoms with Crippen LogP contribution >= 0.6 is 0 Å². The Morgan fingerprint density at radius 1 is 0.275 bits per heavy atom. The molecule has 0 bridgehead atoms. The fourth-order valence-electron chi connectivity index (χ4n) is 4.60. The molecule has 0 aliphatic carbocycles. The summed E-state index contributed by atoms with van der Waals surface area (Å²) in [7, 11) is 0. The van der Waals surface area contributed by atoms with E-state index in [9.17, 15) is 0 Å². The van der Waals surface area contributed by atoms with Crippen LogP contribution < -0.4 is 37.2 Å². The van der Waals surface area contributed by atoms with Gasteiger partial charge < -0.3 is 37.2 Å². The van der Waals surface area contributed by atoms with Gasteiger partial charge >= 0.3 is 19.5 Å². The molecule has 40 heavy (non-hydrogen) atoms. The summed E-state index contributed by atoms with van der Waals surface area (Å²) in [4.78, 5) is 35.4. The smallest absolute Gasteiger partial charge is 1.00 e. The van der Waals surface area contributed by atoms with Crippen LogP contribution in [-0.4, -0.2) is 39.9 Å². The number of hydrogen-bond acceptors (Lipinski definition) is 8. The zero-order valence-corrected chi connectivity index (χ0v) is 24.2. The van der Waals surface area contributed by atoms with Crippen molar-refractivity contribution in [3.63, 3.8) is 0 Å². The monoisotopic (exact) mass is 672 g/mol. The van der Waals surface area contributed by atoms with Crippen LogP contribution in [0.25, 0.3) is 65.7 Å². The SMILES string of the molecule is [Cl-].[Cl-].[Cl-].[Rh+3].c1cnc2c(c1)c1nccnc1c1cccnc12.c1cnc2c(c1)c1nccnc1c1cccnc12. The van der Waals surface area contributed by atoms with Crippen LogP contribution in [0.2, 0.25) is 0 Å². The molecule has 198 valence electrons. The molecule has 0 saturated carbocycles. The van der Waals surface area contributed by atoms with Crippen molar-refractivity contribution in [3.8, 4) is 0 Å². The summed E-state index contributed by atoms with van der Waals surface area (Å²) in [6.45, 7) is 0. The van der Waals surface area contributed by atoms with Crippen LogP contribution in [0.1, 0.15) is 0 Å². The van der Waals surface area contributed by atoms with Crippen molar-refractivity contribution in [2.24, 2.45) is 0 Å². The molecule has 8 aromatic rings. The quantitative estimate of drug-likeness (QED) is 0.121. The first-order valence-electron chi connectivity index (χ1n) is 11.3. The second-order valence-electron chi connectivity index (χ2n) is 8.11. The average Bonchev–Trinajstić information content (AvgIpc) is 2.98. The molecule has 0 spiro atoms. The number of halogens is 3. The largest absolute Gasteiger partial charge is 3.00 e. The number of aromatic nitrogens is 8. The van der Waals surface area contributed by atoms with E-state index in [-0.39, 0.29) is 56.7 Å². The van der Waals surface area contributed by atoms with Crippen molar-refractivity contribution in [1.29, 1.82) is 0 Å². The molecule has 0 saturated heterocycles. The van der Waals surface area contributed by atoms with Gasteiger partial charge in [0.1, 0.15) is 0 Å². The minimum absolute atomic E-state index is 0. The molecule has 8 nitrogen and oxygen atoms in total. The predicted molar refractivity (Wildman–Crippen MR) is 140 cm³/mol.